The van der Waals surface area contributed by atoms with Crippen LogP contribution in [0.2, 0.25) is 10.0 Å². The number of carbonyl (C=O) groups is 2. The van der Waals surface area contributed by atoms with E-state index in [1.165, 1.54) is 18.3 Å². The SMILES string of the molecule is CC(=N)c1ccc(C(=O)Nc2ccc(Cl)cc2C(=O)Nc2ccc(Cl)cn2)c(N)c1C. The van der Waals surface area contributed by atoms with Gasteiger partial charge >= 0.3 is 0 Å². The summed E-state index contributed by atoms with van der Waals surface area (Å²) in [6.45, 7) is 3.40. The number of hydrogen-bond acceptors (Lipinski definition) is 5. The average molecular weight is 456 g/mol. The molecule has 3 aromatic rings. The highest BCUT2D eigenvalue weighted by atomic mass is 35.5. The molecule has 0 aliphatic heterocycles. The smallest absolute Gasteiger partial charge is 0.258 e. The number of benzene rings is 2. The topological polar surface area (TPSA) is 121 Å². The lowest BCUT2D eigenvalue weighted by Crippen LogP contribution is -2.20. The molecule has 3 rings (SSSR count). The zero-order valence-electron chi connectivity index (χ0n) is 16.7. The predicted molar refractivity (Wildman–Crippen MR) is 125 cm³/mol. The normalized spacial score (nSPS) is 10.5. The molecule has 5 N–H and O–H groups in total. The molecule has 0 aliphatic rings. The van der Waals surface area contributed by atoms with Gasteiger partial charge in [-0.15, -0.1) is 0 Å². The number of rotatable bonds is 5. The quantitative estimate of drug-likeness (QED) is 0.313. The molecule has 9 heteroatoms. The van der Waals surface area contributed by atoms with E-state index in [0.717, 1.165) is 0 Å². The maximum Gasteiger partial charge on any atom is 0.258 e. The van der Waals surface area contributed by atoms with Crippen LogP contribution in [0.3, 0.4) is 0 Å². The Morgan fingerprint density at radius 2 is 1.58 bits per heavy atom. The average Bonchev–Trinajstić information content (AvgIpc) is 2.72. The summed E-state index contributed by atoms with van der Waals surface area (Å²) in [7, 11) is 0. The predicted octanol–water partition coefficient (Wildman–Crippen LogP) is 5.17. The van der Waals surface area contributed by atoms with E-state index < -0.39 is 11.8 Å². The Bertz CT molecular complexity index is 1190. The van der Waals surface area contributed by atoms with E-state index in [0.29, 0.717) is 32.7 Å². The van der Waals surface area contributed by atoms with Crippen LogP contribution >= 0.6 is 23.2 Å². The Labute approximate surface area is 189 Å². The monoisotopic (exact) mass is 455 g/mol. The van der Waals surface area contributed by atoms with Crippen LogP contribution in [0.1, 0.15) is 38.8 Å². The maximum absolute atomic E-state index is 12.9. The summed E-state index contributed by atoms with van der Waals surface area (Å²) >= 11 is 11.9. The molecule has 0 radical (unpaired) electrons. The molecule has 1 aromatic heterocycles. The zero-order chi connectivity index (χ0) is 22.7. The summed E-state index contributed by atoms with van der Waals surface area (Å²) in [5.41, 5.74) is 8.71. The zero-order valence-corrected chi connectivity index (χ0v) is 18.2. The van der Waals surface area contributed by atoms with E-state index in [1.807, 2.05) is 0 Å². The first-order chi connectivity index (χ1) is 14.7. The Kier molecular flexibility index (Phi) is 6.58. The largest absolute Gasteiger partial charge is 0.398 e. The van der Waals surface area contributed by atoms with Gasteiger partial charge in [-0.25, -0.2) is 4.98 Å². The Morgan fingerprint density at radius 1 is 0.935 bits per heavy atom. The van der Waals surface area contributed by atoms with Crippen LogP contribution in [0.5, 0.6) is 0 Å². The van der Waals surface area contributed by atoms with Crippen LogP contribution in [-0.2, 0) is 0 Å². The van der Waals surface area contributed by atoms with Gasteiger partial charge in [0.05, 0.1) is 21.8 Å². The van der Waals surface area contributed by atoms with Gasteiger partial charge in [-0.3, -0.25) is 9.59 Å². The number of amides is 2. The molecule has 2 amide bonds. The van der Waals surface area contributed by atoms with Gasteiger partial charge in [0.15, 0.2) is 0 Å². The molecular weight excluding hydrogens is 437 g/mol. The molecule has 0 atom stereocenters. The van der Waals surface area contributed by atoms with Crippen LogP contribution in [0.15, 0.2) is 48.7 Å². The van der Waals surface area contributed by atoms with E-state index in [4.69, 9.17) is 34.3 Å². The van der Waals surface area contributed by atoms with Gasteiger partial charge in [0.25, 0.3) is 11.8 Å². The van der Waals surface area contributed by atoms with Crippen molar-refractivity contribution in [3.8, 4) is 0 Å². The van der Waals surface area contributed by atoms with Gasteiger partial charge < -0.3 is 21.8 Å². The summed E-state index contributed by atoms with van der Waals surface area (Å²) < 4.78 is 0. The van der Waals surface area contributed by atoms with E-state index in [-0.39, 0.29) is 22.5 Å². The van der Waals surface area contributed by atoms with E-state index in [1.54, 1.807) is 44.2 Å². The second kappa shape index (κ2) is 9.16. The van der Waals surface area contributed by atoms with Crippen molar-refractivity contribution in [3.63, 3.8) is 0 Å². The van der Waals surface area contributed by atoms with E-state index in [2.05, 4.69) is 15.6 Å². The van der Waals surface area contributed by atoms with Crippen molar-refractivity contribution in [3.05, 3.63) is 81.0 Å². The van der Waals surface area contributed by atoms with Crippen LogP contribution in [-0.4, -0.2) is 22.5 Å². The minimum Gasteiger partial charge on any atom is -0.398 e. The van der Waals surface area contributed by atoms with Gasteiger partial charge in [0.1, 0.15) is 5.82 Å². The molecule has 0 bridgehead atoms. The molecule has 0 fully saturated rings. The van der Waals surface area contributed by atoms with Gasteiger partial charge in [-0.05, 0) is 61.4 Å². The van der Waals surface area contributed by atoms with Gasteiger partial charge in [-0.2, -0.15) is 0 Å². The fourth-order valence-corrected chi connectivity index (χ4v) is 3.25. The lowest BCUT2D eigenvalue weighted by Gasteiger charge is -2.15. The first kappa shape index (κ1) is 22.3. The molecule has 1 heterocycles. The number of nitrogens with two attached hydrogens (primary N) is 1. The minimum absolute atomic E-state index is 0.153. The molecular formula is C22H19Cl2N5O2. The lowest BCUT2D eigenvalue weighted by molar-refractivity contribution is 0.102. The fourth-order valence-electron chi connectivity index (χ4n) is 2.97. The number of anilines is 3. The Morgan fingerprint density at radius 3 is 2.23 bits per heavy atom. The standard InChI is InChI=1S/C22H19Cl2N5O2/c1-11-15(12(2)25)5-6-16(20(11)26)21(30)28-18-7-3-13(23)9-17(18)22(31)29-19-8-4-14(24)10-27-19/h3-10,25H,26H2,1-2H3,(H,28,30)(H,27,29,31). The summed E-state index contributed by atoms with van der Waals surface area (Å²) in [5, 5.41) is 13.9. The lowest BCUT2D eigenvalue weighted by atomic mass is 9.99. The highest BCUT2D eigenvalue weighted by Crippen LogP contribution is 2.26. The molecule has 0 unspecified atom stereocenters. The third-order valence-corrected chi connectivity index (χ3v) is 5.07. The van der Waals surface area contributed by atoms with Crippen molar-refractivity contribution < 1.29 is 9.59 Å². The van der Waals surface area contributed by atoms with Crippen LogP contribution in [0.4, 0.5) is 17.2 Å². The molecule has 158 valence electrons. The summed E-state index contributed by atoms with van der Waals surface area (Å²) in [6, 6.07) is 10.9. The number of halogens is 2. The Balaban J connectivity index is 1.89. The molecule has 0 saturated carbocycles. The highest BCUT2D eigenvalue weighted by Gasteiger charge is 2.19. The highest BCUT2D eigenvalue weighted by molar-refractivity contribution is 6.31. The molecule has 2 aromatic carbocycles. The van der Waals surface area contributed by atoms with Gasteiger partial charge in [0.2, 0.25) is 0 Å². The Hall–Kier alpha value is -3.42. The summed E-state index contributed by atoms with van der Waals surface area (Å²) in [5.74, 6) is -0.702. The molecule has 7 nitrogen and oxygen atoms in total. The van der Waals surface area contributed by atoms with Crippen molar-refractivity contribution in [2.24, 2.45) is 0 Å². The third-order valence-electron chi connectivity index (χ3n) is 4.61. The fraction of sp³-hybridized carbons (Fsp3) is 0.0909. The van der Waals surface area contributed by atoms with Crippen molar-refractivity contribution in [2.75, 3.05) is 16.4 Å². The number of hydrogen-bond donors (Lipinski definition) is 4. The molecule has 0 spiro atoms. The number of nitrogen functional groups attached to an aromatic ring is 1. The maximum atomic E-state index is 12.9. The van der Waals surface area contributed by atoms with Crippen molar-refractivity contribution in [2.45, 2.75) is 13.8 Å². The molecule has 0 saturated heterocycles. The van der Waals surface area contributed by atoms with Gasteiger partial charge in [0, 0.05) is 22.6 Å². The molecule has 0 aliphatic carbocycles. The second-order valence-electron chi connectivity index (χ2n) is 6.78. The third kappa shape index (κ3) is 5.02. The number of aromatic nitrogens is 1. The first-order valence-corrected chi connectivity index (χ1v) is 9.91. The van der Waals surface area contributed by atoms with Crippen molar-refractivity contribution in [1.29, 1.82) is 5.41 Å². The van der Waals surface area contributed by atoms with E-state index in [9.17, 15) is 9.59 Å². The summed E-state index contributed by atoms with van der Waals surface area (Å²) in [6.07, 6.45) is 1.41. The second-order valence-corrected chi connectivity index (χ2v) is 7.66. The van der Waals surface area contributed by atoms with E-state index >= 15 is 0 Å². The summed E-state index contributed by atoms with van der Waals surface area (Å²) in [4.78, 5) is 29.7. The van der Waals surface area contributed by atoms with Crippen molar-refractivity contribution >= 4 is 57.9 Å². The minimum atomic E-state index is -0.508. The number of pyridine rings is 1. The van der Waals surface area contributed by atoms with Crippen molar-refractivity contribution in [1.82, 2.24) is 4.98 Å². The van der Waals surface area contributed by atoms with Crippen LogP contribution in [0.25, 0.3) is 0 Å². The van der Waals surface area contributed by atoms with Crippen LogP contribution < -0.4 is 16.4 Å². The number of nitrogens with one attached hydrogen (secondary N) is 3. The van der Waals surface area contributed by atoms with Gasteiger partial charge in [-0.1, -0.05) is 29.3 Å². The molecule has 31 heavy (non-hydrogen) atoms. The first-order valence-electron chi connectivity index (χ1n) is 9.15. The number of nitrogens with zero attached hydrogens (tertiary/aromatic N) is 1. The number of carbonyl (C=O) groups excluding carboxylic acids is 2. The van der Waals surface area contributed by atoms with Crippen LogP contribution in [0, 0.1) is 12.3 Å².